The number of nitrogen functional groups attached to an aromatic ring is 1. The van der Waals surface area contributed by atoms with E-state index in [1.54, 1.807) is 18.2 Å². The van der Waals surface area contributed by atoms with Crippen molar-refractivity contribution >= 4 is 35.1 Å². The van der Waals surface area contributed by atoms with E-state index in [0.717, 1.165) is 0 Å². The van der Waals surface area contributed by atoms with Crippen LogP contribution in [0.5, 0.6) is 0 Å². The van der Waals surface area contributed by atoms with Crippen LogP contribution in [0.1, 0.15) is 29.8 Å². The third kappa shape index (κ3) is 2.34. The molecule has 2 aromatic rings. The molecule has 0 radical (unpaired) electrons. The Kier molecular flexibility index (Phi) is 3.51. The van der Waals surface area contributed by atoms with Gasteiger partial charge < -0.3 is 10.8 Å². The molecular formula is C13H12Cl2N4O2. The summed E-state index contributed by atoms with van der Waals surface area (Å²) in [4.78, 5) is 15.8. The average molecular weight is 327 g/mol. The molecule has 3 N–H and O–H groups in total. The fourth-order valence-corrected chi connectivity index (χ4v) is 3.24. The predicted molar refractivity (Wildman–Crippen MR) is 78.6 cm³/mol. The number of aryl methyl sites for hydroxylation is 1. The molecule has 2 atom stereocenters. The number of halogens is 2. The number of carboxylic acids is 1. The molecule has 0 spiro atoms. The highest BCUT2D eigenvalue weighted by molar-refractivity contribution is 6.42. The van der Waals surface area contributed by atoms with E-state index < -0.39 is 12.0 Å². The van der Waals surface area contributed by atoms with E-state index in [-0.39, 0.29) is 11.9 Å². The monoisotopic (exact) mass is 326 g/mol. The van der Waals surface area contributed by atoms with Crippen molar-refractivity contribution < 1.29 is 9.90 Å². The van der Waals surface area contributed by atoms with Crippen molar-refractivity contribution in [3.05, 3.63) is 39.6 Å². The zero-order valence-corrected chi connectivity index (χ0v) is 12.3. The lowest BCUT2D eigenvalue weighted by Crippen LogP contribution is -2.32. The van der Waals surface area contributed by atoms with Gasteiger partial charge in [-0.2, -0.15) is 4.98 Å². The minimum absolute atomic E-state index is 0.0779. The molecule has 0 saturated carbocycles. The normalized spacial score (nSPS) is 21.0. The Labute approximate surface area is 130 Å². The predicted octanol–water partition coefficient (Wildman–Crippen LogP) is 2.52. The van der Waals surface area contributed by atoms with E-state index in [0.29, 0.717) is 34.3 Å². The quantitative estimate of drug-likeness (QED) is 0.884. The highest BCUT2D eigenvalue weighted by Crippen LogP contribution is 2.42. The molecule has 0 amide bonds. The molecule has 1 aliphatic heterocycles. The lowest BCUT2D eigenvalue weighted by atomic mass is 9.85. The summed E-state index contributed by atoms with van der Waals surface area (Å²) in [5.41, 5.74) is 6.28. The Morgan fingerprint density at radius 1 is 1.43 bits per heavy atom. The fraction of sp³-hybridized carbons (Fsp3) is 0.308. The maximum atomic E-state index is 11.7. The SMILES string of the molecule is Nc1nc2n(n1)C(C(=O)O)C(c1cccc(Cl)c1Cl)CC2. The van der Waals surface area contributed by atoms with Crippen molar-refractivity contribution in [2.45, 2.75) is 24.8 Å². The molecule has 3 rings (SSSR count). The third-order valence-electron chi connectivity index (χ3n) is 3.68. The maximum absolute atomic E-state index is 11.7. The topological polar surface area (TPSA) is 94.0 Å². The number of rotatable bonds is 2. The largest absolute Gasteiger partial charge is 0.480 e. The maximum Gasteiger partial charge on any atom is 0.329 e. The first kappa shape index (κ1) is 14.2. The Balaban J connectivity index is 2.11. The first-order valence-electron chi connectivity index (χ1n) is 6.36. The second-order valence-corrected chi connectivity index (χ2v) is 5.69. The van der Waals surface area contributed by atoms with Crippen LogP contribution in [0.15, 0.2) is 18.2 Å². The molecule has 1 aromatic heterocycles. The van der Waals surface area contributed by atoms with Crippen LogP contribution in [-0.2, 0) is 11.2 Å². The van der Waals surface area contributed by atoms with E-state index >= 15 is 0 Å². The van der Waals surface area contributed by atoms with E-state index in [4.69, 9.17) is 28.9 Å². The number of fused-ring (bicyclic) bond motifs is 1. The van der Waals surface area contributed by atoms with Gasteiger partial charge in [-0.1, -0.05) is 35.3 Å². The molecular weight excluding hydrogens is 315 g/mol. The fourth-order valence-electron chi connectivity index (χ4n) is 2.79. The molecule has 110 valence electrons. The van der Waals surface area contributed by atoms with Gasteiger partial charge in [-0.05, 0) is 18.1 Å². The minimum Gasteiger partial charge on any atom is -0.480 e. The number of nitrogens with two attached hydrogens (primary N) is 1. The zero-order valence-electron chi connectivity index (χ0n) is 10.8. The van der Waals surface area contributed by atoms with Crippen molar-refractivity contribution in [1.29, 1.82) is 0 Å². The van der Waals surface area contributed by atoms with Crippen molar-refractivity contribution in [3.63, 3.8) is 0 Å². The van der Waals surface area contributed by atoms with Crippen LogP contribution in [0.25, 0.3) is 0 Å². The minimum atomic E-state index is -0.998. The van der Waals surface area contributed by atoms with Gasteiger partial charge in [0.15, 0.2) is 6.04 Å². The number of carboxylic acid groups (broad SMARTS) is 1. The van der Waals surface area contributed by atoms with Crippen LogP contribution in [0.2, 0.25) is 10.0 Å². The molecule has 0 bridgehead atoms. The van der Waals surface area contributed by atoms with E-state index in [2.05, 4.69) is 10.1 Å². The van der Waals surface area contributed by atoms with Gasteiger partial charge in [0.05, 0.1) is 10.0 Å². The van der Waals surface area contributed by atoms with Crippen molar-refractivity contribution in [2.24, 2.45) is 0 Å². The van der Waals surface area contributed by atoms with Gasteiger partial charge in [0.2, 0.25) is 5.95 Å². The van der Waals surface area contributed by atoms with Crippen molar-refractivity contribution in [3.8, 4) is 0 Å². The van der Waals surface area contributed by atoms with Crippen LogP contribution in [0, 0.1) is 0 Å². The Hall–Kier alpha value is -1.79. The zero-order chi connectivity index (χ0) is 15.1. The molecule has 0 saturated heterocycles. The molecule has 2 heterocycles. The van der Waals surface area contributed by atoms with Gasteiger partial charge in [0.25, 0.3) is 0 Å². The average Bonchev–Trinajstić information content (AvgIpc) is 2.80. The number of hydrogen-bond acceptors (Lipinski definition) is 4. The highest BCUT2D eigenvalue weighted by atomic mass is 35.5. The molecule has 1 aliphatic rings. The summed E-state index contributed by atoms with van der Waals surface area (Å²) in [5, 5.41) is 14.4. The Bertz CT molecular complexity index is 716. The Morgan fingerprint density at radius 3 is 2.90 bits per heavy atom. The molecule has 8 heteroatoms. The highest BCUT2D eigenvalue weighted by Gasteiger charge is 2.38. The van der Waals surface area contributed by atoms with Crippen LogP contribution < -0.4 is 5.73 Å². The first-order valence-corrected chi connectivity index (χ1v) is 7.12. The van der Waals surface area contributed by atoms with Gasteiger partial charge >= 0.3 is 5.97 Å². The number of benzene rings is 1. The lowest BCUT2D eigenvalue weighted by Gasteiger charge is -2.30. The molecule has 0 fully saturated rings. The first-order chi connectivity index (χ1) is 9.99. The number of nitrogens with zero attached hydrogens (tertiary/aromatic N) is 3. The molecule has 0 aliphatic carbocycles. The molecule has 2 unspecified atom stereocenters. The van der Waals surface area contributed by atoms with Gasteiger partial charge in [-0.3, -0.25) is 0 Å². The smallest absolute Gasteiger partial charge is 0.329 e. The second kappa shape index (κ2) is 5.20. The Morgan fingerprint density at radius 2 is 2.19 bits per heavy atom. The number of aliphatic carboxylic acids is 1. The van der Waals surface area contributed by atoms with E-state index in [9.17, 15) is 9.90 Å². The van der Waals surface area contributed by atoms with Crippen LogP contribution in [-0.4, -0.2) is 25.8 Å². The van der Waals surface area contributed by atoms with Gasteiger partial charge in [-0.25, -0.2) is 9.48 Å². The van der Waals surface area contributed by atoms with Gasteiger partial charge in [0.1, 0.15) is 5.82 Å². The summed E-state index contributed by atoms with van der Waals surface area (Å²) in [6, 6.07) is 4.33. The number of carbonyl (C=O) groups is 1. The molecule has 21 heavy (non-hydrogen) atoms. The van der Waals surface area contributed by atoms with Gasteiger partial charge in [0, 0.05) is 12.3 Å². The lowest BCUT2D eigenvalue weighted by molar-refractivity contribution is -0.142. The molecule has 6 nitrogen and oxygen atoms in total. The second-order valence-electron chi connectivity index (χ2n) is 4.90. The summed E-state index contributed by atoms with van der Waals surface area (Å²) in [6.45, 7) is 0. The van der Waals surface area contributed by atoms with Crippen LogP contribution in [0.4, 0.5) is 5.95 Å². The van der Waals surface area contributed by atoms with Crippen molar-refractivity contribution in [1.82, 2.24) is 14.8 Å². The number of aromatic nitrogens is 3. The number of anilines is 1. The molecule has 1 aromatic carbocycles. The van der Waals surface area contributed by atoms with E-state index in [1.165, 1.54) is 4.68 Å². The summed E-state index contributed by atoms with van der Waals surface area (Å²) >= 11 is 12.3. The van der Waals surface area contributed by atoms with Crippen molar-refractivity contribution in [2.75, 3.05) is 5.73 Å². The van der Waals surface area contributed by atoms with E-state index in [1.807, 2.05) is 0 Å². The third-order valence-corrected chi connectivity index (χ3v) is 4.51. The summed E-state index contributed by atoms with van der Waals surface area (Å²) in [6.07, 6.45) is 1.18. The number of hydrogen-bond donors (Lipinski definition) is 2. The van der Waals surface area contributed by atoms with Gasteiger partial charge in [-0.15, -0.1) is 5.10 Å². The standard InChI is InChI=1S/C13H12Cl2N4O2/c14-8-3-1-2-6(10(8)15)7-4-5-9-17-13(16)18-19(9)11(7)12(20)21/h1-3,7,11H,4-5H2,(H2,16,18)(H,20,21). The summed E-state index contributed by atoms with van der Waals surface area (Å²) in [7, 11) is 0. The van der Waals surface area contributed by atoms with Crippen LogP contribution >= 0.6 is 23.2 Å². The summed E-state index contributed by atoms with van der Waals surface area (Å²) < 4.78 is 1.38. The summed E-state index contributed by atoms with van der Waals surface area (Å²) in [5.74, 6) is -0.674. The van der Waals surface area contributed by atoms with Crippen LogP contribution in [0.3, 0.4) is 0 Å².